The maximum atomic E-state index is 9.71. The van der Waals surface area contributed by atoms with Crippen molar-refractivity contribution in [3.63, 3.8) is 0 Å². The highest BCUT2D eigenvalue weighted by atomic mass is 16.3. The van der Waals surface area contributed by atoms with Gasteiger partial charge in [0.1, 0.15) is 5.75 Å². The second-order valence-electron chi connectivity index (χ2n) is 4.71. The number of phenols is 1. The molecule has 0 aliphatic rings. The zero-order chi connectivity index (χ0) is 13.9. The number of aromatic hydroxyl groups is 1. The minimum Gasteiger partial charge on any atom is -0.507 e. The number of nitrogens with one attached hydrogen (secondary N) is 1. The Bertz CT molecular complexity index is 794. The van der Waals surface area contributed by atoms with Crippen molar-refractivity contribution in [2.24, 2.45) is 0 Å². The van der Waals surface area contributed by atoms with Gasteiger partial charge in [-0.25, -0.2) is 4.99 Å². The monoisotopic (exact) mass is 263 g/mol. The Hall–Kier alpha value is -2.68. The zero-order valence-electron chi connectivity index (χ0n) is 11.2. The summed E-state index contributed by atoms with van der Waals surface area (Å²) in [7, 11) is 0. The first kappa shape index (κ1) is 12.4. The van der Waals surface area contributed by atoms with Crippen molar-refractivity contribution in [1.82, 2.24) is 4.98 Å². The Morgan fingerprint density at radius 1 is 1.05 bits per heavy atom. The molecule has 0 unspecified atom stereocenters. The van der Waals surface area contributed by atoms with Crippen molar-refractivity contribution in [3.05, 3.63) is 65.9 Å². The van der Waals surface area contributed by atoms with E-state index in [-0.39, 0.29) is 5.75 Å². The highest BCUT2D eigenvalue weighted by Gasteiger charge is 2.02. The number of fused-ring (bicyclic) bond motifs is 1. The van der Waals surface area contributed by atoms with E-state index in [2.05, 4.69) is 16.0 Å². The van der Waals surface area contributed by atoms with Gasteiger partial charge in [0.05, 0.1) is 11.1 Å². The van der Waals surface area contributed by atoms with Gasteiger partial charge in [-0.3, -0.25) is 4.98 Å². The fourth-order valence-electron chi connectivity index (χ4n) is 2.09. The SMILES string of the molecule is Cc1ccc2cc([NH+]=Cc3ccccc3O)ccc2n1. The number of pyridine rings is 1. The summed E-state index contributed by atoms with van der Waals surface area (Å²) in [5, 5.41) is 10.8. The number of para-hydroxylation sites is 1. The minimum absolute atomic E-state index is 0.262. The molecule has 1 heterocycles. The van der Waals surface area contributed by atoms with Gasteiger partial charge in [-0.05, 0) is 31.2 Å². The lowest BCUT2D eigenvalue weighted by molar-refractivity contribution is -0.346. The molecular formula is C17H15N2O+. The largest absolute Gasteiger partial charge is 0.507 e. The maximum absolute atomic E-state index is 9.71. The van der Waals surface area contributed by atoms with Crippen LogP contribution in [0, 0.1) is 6.92 Å². The normalized spacial score (nSPS) is 11.2. The van der Waals surface area contributed by atoms with Gasteiger partial charge >= 0.3 is 0 Å². The molecule has 0 saturated carbocycles. The summed E-state index contributed by atoms with van der Waals surface area (Å²) in [4.78, 5) is 7.67. The molecule has 0 aliphatic carbocycles. The number of aryl methyl sites for hydroxylation is 1. The molecule has 0 aliphatic heterocycles. The zero-order valence-corrected chi connectivity index (χ0v) is 11.2. The summed E-state index contributed by atoms with van der Waals surface area (Å²) in [5.41, 5.74) is 3.72. The van der Waals surface area contributed by atoms with Crippen LogP contribution in [0.5, 0.6) is 5.75 Å². The Morgan fingerprint density at radius 2 is 1.90 bits per heavy atom. The third-order valence-corrected chi connectivity index (χ3v) is 3.16. The number of rotatable bonds is 2. The maximum Gasteiger partial charge on any atom is 0.204 e. The summed E-state index contributed by atoms with van der Waals surface area (Å²) in [5.74, 6) is 0.262. The standard InChI is InChI=1S/C17H14N2O/c1-12-6-7-13-10-15(8-9-16(13)19-12)18-11-14-4-2-3-5-17(14)20/h2-11,20H,1H3/p+1. The fraction of sp³-hybridized carbons (Fsp3) is 0.0588. The summed E-state index contributed by atoms with van der Waals surface area (Å²) in [6, 6.07) is 17.3. The van der Waals surface area contributed by atoms with Crippen LogP contribution in [0.25, 0.3) is 10.9 Å². The molecule has 3 heteroatoms. The van der Waals surface area contributed by atoms with E-state index in [1.165, 1.54) is 0 Å². The number of benzene rings is 2. The molecular weight excluding hydrogens is 248 g/mol. The molecule has 1 aromatic heterocycles. The van der Waals surface area contributed by atoms with Crippen LogP contribution in [0.15, 0.2) is 54.6 Å². The highest BCUT2D eigenvalue weighted by molar-refractivity contribution is 5.82. The van der Waals surface area contributed by atoms with E-state index >= 15 is 0 Å². The number of hydrogen-bond acceptors (Lipinski definition) is 2. The van der Waals surface area contributed by atoms with Crippen LogP contribution in [0.1, 0.15) is 11.3 Å². The Labute approximate surface area is 117 Å². The minimum atomic E-state index is 0.262. The van der Waals surface area contributed by atoms with Crippen LogP contribution in [0.4, 0.5) is 5.69 Å². The second kappa shape index (κ2) is 5.13. The van der Waals surface area contributed by atoms with Crippen molar-refractivity contribution < 1.29 is 10.1 Å². The lowest BCUT2D eigenvalue weighted by Crippen LogP contribution is -2.61. The van der Waals surface area contributed by atoms with Crippen molar-refractivity contribution in [1.29, 1.82) is 0 Å². The van der Waals surface area contributed by atoms with E-state index in [1.54, 1.807) is 18.3 Å². The average molecular weight is 263 g/mol. The predicted molar refractivity (Wildman–Crippen MR) is 80.4 cm³/mol. The lowest BCUT2D eigenvalue weighted by Gasteiger charge is -1.98. The number of aromatic nitrogens is 1. The molecule has 98 valence electrons. The molecule has 0 amide bonds. The summed E-state index contributed by atoms with van der Waals surface area (Å²) < 4.78 is 0. The fourth-order valence-corrected chi connectivity index (χ4v) is 2.09. The second-order valence-corrected chi connectivity index (χ2v) is 4.71. The molecule has 0 atom stereocenters. The number of nitrogens with zero attached hydrogens (tertiary/aromatic N) is 1. The quantitative estimate of drug-likeness (QED) is 0.695. The van der Waals surface area contributed by atoms with Crippen LogP contribution in [-0.4, -0.2) is 16.3 Å². The topological polar surface area (TPSA) is 47.1 Å². The van der Waals surface area contributed by atoms with E-state index in [4.69, 9.17) is 0 Å². The van der Waals surface area contributed by atoms with Gasteiger partial charge in [-0.1, -0.05) is 18.2 Å². The van der Waals surface area contributed by atoms with E-state index in [0.717, 1.165) is 27.8 Å². The van der Waals surface area contributed by atoms with Crippen LogP contribution in [0.2, 0.25) is 0 Å². The van der Waals surface area contributed by atoms with Crippen molar-refractivity contribution in [3.8, 4) is 5.75 Å². The Balaban J connectivity index is 1.95. The van der Waals surface area contributed by atoms with E-state index in [1.807, 2.05) is 43.3 Å². The molecule has 0 radical (unpaired) electrons. The van der Waals surface area contributed by atoms with Crippen molar-refractivity contribution >= 4 is 22.8 Å². The average Bonchev–Trinajstić information content (AvgIpc) is 2.46. The first-order valence-electron chi connectivity index (χ1n) is 6.47. The van der Waals surface area contributed by atoms with Gasteiger partial charge in [0.15, 0.2) is 6.21 Å². The Kier molecular flexibility index (Phi) is 3.17. The highest BCUT2D eigenvalue weighted by Crippen LogP contribution is 2.15. The first-order chi connectivity index (χ1) is 9.72. The van der Waals surface area contributed by atoms with Gasteiger partial charge in [0.25, 0.3) is 0 Å². The van der Waals surface area contributed by atoms with Gasteiger partial charge in [-0.2, -0.15) is 0 Å². The van der Waals surface area contributed by atoms with E-state index in [0.29, 0.717) is 0 Å². The third-order valence-electron chi connectivity index (χ3n) is 3.16. The molecule has 20 heavy (non-hydrogen) atoms. The first-order valence-corrected chi connectivity index (χ1v) is 6.47. The molecule has 2 aromatic carbocycles. The molecule has 0 saturated heterocycles. The van der Waals surface area contributed by atoms with E-state index in [9.17, 15) is 5.11 Å². The molecule has 3 rings (SSSR count). The van der Waals surface area contributed by atoms with Crippen LogP contribution in [0.3, 0.4) is 0 Å². The number of hydrogen-bond donors (Lipinski definition) is 2. The summed E-state index contributed by atoms with van der Waals surface area (Å²) in [6.07, 6.45) is 1.79. The molecule has 0 bridgehead atoms. The van der Waals surface area contributed by atoms with Gasteiger partial charge in [0, 0.05) is 23.2 Å². The Morgan fingerprint density at radius 3 is 2.75 bits per heavy atom. The summed E-state index contributed by atoms with van der Waals surface area (Å²) >= 11 is 0. The predicted octanol–water partition coefficient (Wildman–Crippen LogP) is 2.08. The van der Waals surface area contributed by atoms with Crippen molar-refractivity contribution in [2.45, 2.75) is 6.92 Å². The third kappa shape index (κ3) is 2.52. The van der Waals surface area contributed by atoms with Crippen LogP contribution < -0.4 is 4.99 Å². The molecule has 0 fully saturated rings. The van der Waals surface area contributed by atoms with Gasteiger partial charge < -0.3 is 5.11 Å². The van der Waals surface area contributed by atoms with Gasteiger partial charge in [-0.15, -0.1) is 0 Å². The smallest absolute Gasteiger partial charge is 0.204 e. The van der Waals surface area contributed by atoms with Crippen molar-refractivity contribution in [2.75, 3.05) is 0 Å². The lowest BCUT2D eigenvalue weighted by atomic mass is 10.2. The summed E-state index contributed by atoms with van der Waals surface area (Å²) in [6.45, 7) is 1.98. The van der Waals surface area contributed by atoms with Gasteiger partial charge in [0.2, 0.25) is 5.69 Å². The molecule has 0 spiro atoms. The molecule has 3 aromatic rings. The molecule has 2 N–H and O–H groups in total. The van der Waals surface area contributed by atoms with Crippen LogP contribution in [-0.2, 0) is 0 Å². The van der Waals surface area contributed by atoms with Crippen LogP contribution >= 0.6 is 0 Å². The molecule has 3 nitrogen and oxygen atoms in total. The number of phenolic OH excluding ortho intramolecular Hbond substituents is 1. The van der Waals surface area contributed by atoms with E-state index < -0.39 is 0 Å².